The van der Waals surface area contributed by atoms with Crippen molar-refractivity contribution in [1.29, 1.82) is 0 Å². The first-order valence-corrected chi connectivity index (χ1v) is 7.67. The Kier molecular flexibility index (Phi) is 3.66. The Morgan fingerprint density at radius 2 is 2.10 bits per heavy atom. The van der Waals surface area contributed by atoms with E-state index in [4.69, 9.17) is 5.73 Å². The quantitative estimate of drug-likeness (QED) is 0.825. The summed E-state index contributed by atoms with van der Waals surface area (Å²) in [6, 6.07) is 0.551. The maximum Gasteiger partial charge on any atom is 0.229 e. The fraction of sp³-hybridized carbons (Fsp3) is 0.583. The largest absolute Gasteiger partial charge is 0.368 e. The van der Waals surface area contributed by atoms with Crippen LogP contribution in [-0.2, 0) is 0 Å². The molecule has 1 atom stereocenters. The second kappa shape index (κ2) is 5.47. The maximum atomic E-state index is 5.77. The predicted molar refractivity (Wildman–Crippen MR) is 81.1 cm³/mol. The third kappa shape index (κ3) is 3.07. The molecule has 112 valence electrons. The highest BCUT2D eigenvalue weighted by molar-refractivity contribution is 7.99. The van der Waals surface area contributed by atoms with Gasteiger partial charge in [0.05, 0.1) is 5.25 Å². The Hall–Kier alpha value is -1.90. The van der Waals surface area contributed by atoms with E-state index in [1.54, 1.807) is 18.1 Å². The molecule has 0 radical (unpaired) electrons. The second-order valence-electron chi connectivity index (χ2n) is 5.26. The smallest absolute Gasteiger partial charge is 0.229 e. The summed E-state index contributed by atoms with van der Waals surface area (Å²) in [7, 11) is 3.75. The van der Waals surface area contributed by atoms with Crippen molar-refractivity contribution in [2.75, 3.05) is 24.7 Å². The Morgan fingerprint density at radius 3 is 2.76 bits per heavy atom. The molecule has 2 heterocycles. The van der Waals surface area contributed by atoms with Crippen LogP contribution in [0, 0.1) is 0 Å². The van der Waals surface area contributed by atoms with Crippen molar-refractivity contribution >= 4 is 23.7 Å². The molecule has 0 amide bonds. The molecule has 2 N–H and O–H groups in total. The third-order valence-corrected chi connectivity index (χ3v) is 4.25. The maximum absolute atomic E-state index is 5.77. The van der Waals surface area contributed by atoms with E-state index in [2.05, 4.69) is 29.7 Å². The summed E-state index contributed by atoms with van der Waals surface area (Å²) in [4.78, 5) is 14.6. The van der Waals surface area contributed by atoms with E-state index >= 15 is 0 Å². The van der Waals surface area contributed by atoms with Gasteiger partial charge in [-0.2, -0.15) is 15.0 Å². The highest BCUT2D eigenvalue weighted by Crippen LogP contribution is 2.40. The minimum Gasteiger partial charge on any atom is -0.368 e. The van der Waals surface area contributed by atoms with E-state index < -0.39 is 0 Å². The number of thioether (sulfide) groups is 1. The molecule has 0 spiro atoms. The molecule has 8 nitrogen and oxygen atoms in total. The summed E-state index contributed by atoms with van der Waals surface area (Å²) in [6.07, 6.45) is 4.19. The van der Waals surface area contributed by atoms with Gasteiger partial charge in [-0.15, -0.1) is 10.2 Å². The van der Waals surface area contributed by atoms with Crippen LogP contribution in [0.5, 0.6) is 0 Å². The molecular weight excluding hydrogens is 288 g/mol. The van der Waals surface area contributed by atoms with Crippen LogP contribution in [0.2, 0.25) is 0 Å². The summed E-state index contributed by atoms with van der Waals surface area (Å²) in [6.45, 7) is 2.03. The van der Waals surface area contributed by atoms with Crippen molar-refractivity contribution in [2.24, 2.45) is 0 Å². The van der Waals surface area contributed by atoms with Crippen molar-refractivity contribution in [2.45, 2.75) is 36.2 Å². The predicted octanol–water partition coefficient (Wildman–Crippen LogP) is 1.30. The van der Waals surface area contributed by atoms with Crippen LogP contribution in [0.15, 0.2) is 11.5 Å². The summed E-state index contributed by atoms with van der Waals surface area (Å²) in [5.41, 5.74) is 5.77. The highest BCUT2D eigenvalue weighted by Gasteiger charge is 2.27. The average molecular weight is 306 g/mol. The average Bonchev–Trinajstić information content (AvgIpc) is 3.18. The monoisotopic (exact) mass is 306 g/mol. The van der Waals surface area contributed by atoms with Gasteiger partial charge in [0.2, 0.25) is 11.9 Å². The van der Waals surface area contributed by atoms with Gasteiger partial charge in [-0.25, -0.2) is 0 Å². The lowest BCUT2D eigenvalue weighted by molar-refractivity contribution is 0.661. The van der Waals surface area contributed by atoms with Gasteiger partial charge in [0, 0.05) is 20.1 Å². The van der Waals surface area contributed by atoms with Gasteiger partial charge in [0.25, 0.3) is 0 Å². The summed E-state index contributed by atoms with van der Waals surface area (Å²) in [5, 5.41) is 9.11. The van der Waals surface area contributed by atoms with E-state index in [1.165, 1.54) is 12.8 Å². The molecule has 0 saturated heterocycles. The Labute approximate surface area is 127 Å². The van der Waals surface area contributed by atoms with Gasteiger partial charge < -0.3 is 15.2 Å². The Bertz CT molecular complexity index is 636. The standard InChI is InChI=1S/C12H18N8S/c1-7(9-15-10(13)17-11(16-9)19(2)3)21-12-18-14-6-20(12)8-4-5-8/h6-8H,4-5H2,1-3H3,(H2,13,15,16,17)/t7-/m0/s1. The normalized spacial score (nSPS) is 16.0. The topological polar surface area (TPSA) is 98.6 Å². The lowest BCUT2D eigenvalue weighted by atomic mass is 10.4. The molecule has 2 aromatic rings. The fourth-order valence-electron chi connectivity index (χ4n) is 1.91. The van der Waals surface area contributed by atoms with E-state index in [-0.39, 0.29) is 11.2 Å². The van der Waals surface area contributed by atoms with Crippen LogP contribution >= 0.6 is 11.8 Å². The molecule has 1 saturated carbocycles. The van der Waals surface area contributed by atoms with Crippen molar-refractivity contribution in [3.8, 4) is 0 Å². The van der Waals surface area contributed by atoms with Crippen LogP contribution in [0.25, 0.3) is 0 Å². The molecule has 0 unspecified atom stereocenters. The zero-order valence-corrected chi connectivity index (χ0v) is 13.1. The molecular formula is C12H18N8S. The SMILES string of the molecule is C[C@H](Sc1nncn1C1CC1)c1nc(N)nc(N(C)C)n1. The number of hydrogen-bond donors (Lipinski definition) is 1. The van der Waals surface area contributed by atoms with Gasteiger partial charge in [-0.05, 0) is 19.8 Å². The van der Waals surface area contributed by atoms with Gasteiger partial charge in [0.1, 0.15) is 12.2 Å². The molecule has 1 fully saturated rings. The Balaban J connectivity index is 1.81. The van der Waals surface area contributed by atoms with Crippen molar-refractivity contribution in [3.05, 3.63) is 12.2 Å². The zero-order valence-electron chi connectivity index (χ0n) is 12.3. The minimum atomic E-state index is 0.0238. The van der Waals surface area contributed by atoms with Gasteiger partial charge in [0.15, 0.2) is 5.16 Å². The lowest BCUT2D eigenvalue weighted by Crippen LogP contribution is -2.16. The number of rotatable bonds is 5. The van der Waals surface area contributed by atoms with E-state index in [0.29, 0.717) is 17.8 Å². The molecule has 2 aromatic heterocycles. The first-order valence-electron chi connectivity index (χ1n) is 6.79. The van der Waals surface area contributed by atoms with Crippen LogP contribution in [-0.4, -0.2) is 43.8 Å². The number of hydrogen-bond acceptors (Lipinski definition) is 8. The van der Waals surface area contributed by atoms with Crippen LogP contribution in [0.4, 0.5) is 11.9 Å². The van der Waals surface area contributed by atoms with Crippen molar-refractivity contribution in [1.82, 2.24) is 29.7 Å². The minimum absolute atomic E-state index is 0.0238. The number of nitrogen functional groups attached to an aromatic ring is 1. The summed E-state index contributed by atoms with van der Waals surface area (Å²) < 4.78 is 2.12. The molecule has 1 aliphatic carbocycles. The van der Waals surface area contributed by atoms with Crippen molar-refractivity contribution in [3.63, 3.8) is 0 Å². The number of anilines is 2. The fourth-order valence-corrected chi connectivity index (χ4v) is 2.85. The number of nitrogens with zero attached hydrogens (tertiary/aromatic N) is 7. The van der Waals surface area contributed by atoms with Gasteiger partial charge in [-0.3, -0.25) is 0 Å². The van der Waals surface area contributed by atoms with E-state index in [0.717, 1.165) is 5.16 Å². The summed E-state index contributed by atoms with van der Waals surface area (Å²) in [5.74, 6) is 1.45. The Morgan fingerprint density at radius 1 is 1.33 bits per heavy atom. The summed E-state index contributed by atoms with van der Waals surface area (Å²) >= 11 is 1.59. The van der Waals surface area contributed by atoms with Crippen LogP contribution < -0.4 is 10.6 Å². The van der Waals surface area contributed by atoms with Crippen LogP contribution in [0.3, 0.4) is 0 Å². The van der Waals surface area contributed by atoms with Gasteiger partial charge in [-0.1, -0.05) is 11.8 Å². The molecule has 3 rings (SSSR count). The first-order chi connectivity index (χ1) is 10.0. The molecule has 9 heteroatoms. The highest BCUT2D eigenvalue weighted by atomic mass is 32.2. The van der Waals surface area contributed by atoms with Crippen LogP contribution in [0.1, 0.15) is 36.9 Å². The van der Waals surface area contributed by atoms with Gasteiger partial charge >= 0.3 is 0 Å². The lowest BCUT2D eigenvalue weighted by Gasteiger charge is -2.14. The van der Waals surface area contributed by atoms with E-state index in [9.17, 15) is 0 Å². The molecule has 0 bridgehead atoms. The third-order valence-electron chi connectivity index (χ3n) is 3.18. The van der Waals surface area contributed by atoms with E-state index in [1.807, 2.05) is 25.9 Å². The zero-order chi connectivity index (χ0) is 15.0. The molecule has 0 aliphatic heterocycles. The molecule has 1 aliphatic rings. The second-order valence-corrected chi connectivity index (χ2v) is 6.57. The first kappa shape index (κ1) is 14.1. The number of aromatic nitrogens is 6. The number of nitrogens with two attached hydrogens (primary N) is 1. The molecule has 21 heavy (non-hydrogen) atoms. The van der Waals surface area contributed by atoms with Crippen molar-refractivity contribution < 1.29 is 0 Å². The molecule has 0 aromatic carbocycles.